The Morgan fingerprint density at radius 2 is 1.66 bits per heavy atom. The van der Waals surface area contributed by atoms with Crippen molar-refractivity contribution in [2.24, 2.45) is 5.73 Å². The van der Waals surface area contributed by atoms with Crippen LogP contribution in [0.1, 0.15) is 23.4 Å². The summed E-state index contributed by atoms with van der Waals surface area (Å²) >= 11 is 11.9. The third-order valence-electron chi connectivity index (χ3n) is 4.60. The molecule has 0 amide bonds. The van der Waals surface area contributed by atoms with Gasteiger partial charge in [-0.3, -0.25) is 4.98 Å². The van der Waals surface area contributed by atoms with Gasteiger partial charge in [0.1, 0.15) is 6.10 Å². The maximum absolute atomic E-state index is 11.7. The smallest absolute Gasteiger partial charge is 0.475 e. The van der Waals surface area contributed by atoms with Crippen LogP contribution < -0.4 is 5.73 Å². The fourth-order valence-corrected chi connectivity index (χ4v) is 3.72. The van der Waals surface area contributed by atoms with Crippen molar-refractivity contribution < 1.29 is 36.6 Å². The molecule has 0 fully saturated rings. The molecule has 1 heterocycles. The van der Waals surface area contributed by atoms with Crippen LogP contribution in [0.5, 0.6) is 0 Å². The molecule has 13 heteroatoms. The first-order valence-electron chi connectivity index (χ1n) is 9.56. The molecule has 0 aliphatic carbocycles. The van der Waals surface area contributed by atoms with Crippen LogP contribution >= 0.6 is 23.2 Å². The number of halogens is 5. The number of nitrogens with zero attached hydrogens (tertiary/aromatic N) is 1. The Morgan fingerprint density at radius 3 is 2.14 bits per heavy atom. The third-order valence-corrected chi connectivity index (χ3v) is 6.45. The summed E-state index contributed by atoms with van der Waals surface area (Å²) in [7, 11) is -3.30. The molecule has 2 atom stereocenters. The molecule has 0 unspecified atom stereocenters. The van der Waals surface area contributed by atoms with E-state index in [0.717, 1.165) is 11.8 Å². The Balaban J connectivity index is 0.000000540. The number of aliphatic hydroxyl groups excluding tert-OH is 1. The van der Waals surface area contributed by atoms with E-state index in [2.05, 4.69) is 4.98 Å². The maximum atomic E-state index is 11.7. The molecule has 188 valence electrons. The number of hydrogen-bond acceptors (Lipinski definition) is 6. The first-order valence-corrected chi connectivity index (χ1v) is 12.2. The van der Waals surface area contributed by atoms with Gasteiger partial charge in [-0.1, -0.05) is 47.5 Å². The molecule has 4 N–H and O–H groups in total. The molecule has 3 rings (SSSR count). The van der Waals surface area contributed by atoms with Crippen LogP contribution in [0.25, 0.3) is 11.1 Å². The minimum atomic E-state index is -5.08. The summed E-state index contributed by atoms with van der Waals surface area (Å²) in [6.45, 7) is 0. The summed E-state index contributed by atoms with van der Waals surface area (Å²) in [5.41, 5.74) is 8.61. The van der Waals surface area contributed by atoms with E-state index in [1.807, 2.05) is 0 Å². The van der Waals surface area contributed by atoms with Crippen LogP contribution in [0.4, 0.5) is 13.2 Å². The number of carboxylic acid groups (broad SMARTS) is 1. The predicted octanol–water partition coefficient (Wildman–Crippen LogP) is 4.83. The van der Waals surface area contributed by atoms with Gasteiger partial charge in [-0.15, -0.1) is 0 Å². The lowest BCUT2D eigenvalue weighted by molar-refractivity contribution is -0.192. The molecule has 3 aromatic rings. The van der Waals surface area contributed by atoms with E-state index >= 15 is 0 Å². The lowest BCUT2D eigenvalue weighted by atomic mass is 9.99. The molecule has 7 nitrogen and oxygen atoms in total. The van der Waals surface area contributed by atoms with Gasteiger partial charge in [-0.2, -0.15) is 13.2 Å². The van der Waals surface area contributed by atoms with Crippen molar-refractivity contribution in [1.29, 1.82) is 0 Å². The van der Waals surface area contributed by atoms with Crippen LogP contribution in [0, 0.1) is 0 Å². The Hall–Kier alpha value is -2.70. The predicted molar refractivity (Wildman–Crippen MR) is 125 cm³/mol. The molecular weight excluding hydrogens is 532 g/mol. The SMILES string of the molecule is CS(=O)(=O)c1cccc(-c2ccc([C@@H](O)[C@H](N)c3ccc(Cl)c(Cl)c3)nc2)c1.O=C(O)C(F)(F)F. The number of rotatable bonds is 5. The minimum Gasteiger partial charge on any atom is -0.475 e. The molecule has 35 heavy (non-hydrogen) atoms. The zero-order valence-electron chi connectivity index (χ0n) is 17.9. The van der Waals surface area contributed by atoms with Crippen molar-refractivity contribution in [3.05, 3.63) is 82.1 Å². The van der Waals surface area contributed by atoms with Gasteiger partial charge in [0.25, 0.3) is 0 Å². The second kappa shape index (κ2) is 11.4. The highest BCUT2D eigenvalue weighted by atomic mass is 35.5. The number of aliphatic carboxylic acids is 1. The van der Waals surface area contributed by atoms with E-state index in [-0.39, 0.29) is 4.90 Å². The van der Waals surface area contributed by atoms with Gasteiger partial charge < -0.3 is 15.9 Å². The molecule has 0 bridgehead atoms. The van der Waals surface area contributed by atoms with Crippen molar-refractivity contribution in [2.75, 3.05) is 6.26 Å². The quantitative estimate of drug-likeness (QED) is 0.414. The van der Waals surface area contributed by atoms with Gasteiger partial charge in [0.2, 0.25) is 0 Å². The highest BCUT2D eigenvalue weighted by Crippen LogP contribution is 2.31. The number of aromatic nitrogens is 1. The first kappa shape index (κ1) is 28.5. The van der Waals surface area contributed by atoms with Gasteiger partial charge in [0, 0.05) is 18.0 Å². The summed E-state index contributed by atoms with van der Waals surface area (Å²) in [4.78, 5) is 13.4. The Morgan fingerprint density at radius 1 is 1.03 bits per heavy atom. The third kappa shape index (κ3) is 7.91. The topological polar surface area (TPSA) is 131 Å². The van der Waals surface area contributed by atoms with Crippen molar-refractivity contribution >= 4 is 39.0 Å². The monoisotopic (exact) mass is 550 g/mol. The highest BCUT2D eigenvalue weighted by molar-refractivity contribution is 7.90. The molecule has 0 saturated carbocycles. The molecule has 0 radical (unpaired) electrons. The van der Waals surface area contributed by atoms with E-state index in [1.165, 1.54) is 0 Å². The lowest BCUT2D eigenvalue weighted by Gasteiger charge is -2.19. The van der Waals surface area contributed by atoms with Gasteiger partial charge in [0.05, 0.1) is 26.7 Å². The molecule has 0 aliphatic heterocycles. The van der Waals surface area contributed by atoms with Gasteiger partial charge in [-0.25, -0.2) is 13.2 Å². The van der Waals surface area contributed by atoms with Crippen LogP contribution in [-0.4, -0.2) is 42.0 Å². The summed E-state index contributed by atoms with van der Waals surface area (Å²) in [6.07, 6.45) is -3.40. The largest absolute Gasteiger partial charge is 0.490 e. The maximum Gasteiger partial charge on any atom is 0.490 e. The zero-order chi connectivity index (χ0) is 26.6. The van der Waals surface area contributed by atoms with Crippen molar-refractivity contribution in [3.8, 4) is 11.1 Å². The van der Waals surface area contributed by atoms with Gasteiger partial charge >= 0.3 is 12.1 Å². The van der Waals surface area contributed by atoms with E-state index in [0.29, 0.717) is 26.9 Å². The van der Waals surface area contributed by atoms with Gasteiger partial charge in [-0.05, 0) is 41.5 Å². The molecule has 0 aliphatic rings. The number of carboxylic acids is 1. The van der Waals surface area contributed by atoms with Crippen LogP contribution in [-0.2, 0) is 14.6 Å². The number of hydrogen-bond donors (Lipinski definition) is 3. The van der Waals surface area contributed by atoms with Crippen LogP contribution in [0.2, 0.25) is 10.0 Å². The number of carbonyl (C=O) groups is 1. The van der Waals surface area contributed by atoms with E-state index < -0.39 is 34.1 Å². The van der Waals surface area contributed by atoms with Gasteiger partial charge in [0.15, 0.2) is 9.84 Å². The van der Waals surface area contributed by atoms with Crippen molar-refractivity contribution in [3.63, 3.8) is 0 Å². The summed E-state index contributed by atoms with van der Waals surface area (Å²) in [5.74, 6) is -2.76. The molecular formula is C22H19Cl2F3N2O5S. The highest BCUT2D eigenvalue weighted by Gasteiger charge is 2.38. The summed E-state index contributed by atoms with van der Waals surface area (Å²) < 4.78 is 55.2. The number of sulfone groups is 1. The minimum absolute atomic E-state index is 0.232. The second-order valence-electron chi connectivity index (χ2n) is 7.22. The fourth-order valence-electron chi connectivity index (χ4n) is 2.74. The number of nitrogens with two attached hydrogens (primary N) is 1. The van der Waals surface area contributed by atoms with E-state index in [9.17, 15) is 26.7 Å². The Kier molecular flexibility index (Phi) is 9.26. The normalized spacial score (nSPS) is 13.4. The number of benzene rings is 2. The standard InChI is InChI=1S/C20H18Cl2N2O3S.C2HF3O2/c1-28(26,27)15-4-2-3-12(9-15)14-6-8-18(24-11-14)20(25)19(23)13-5-7-16(21)17(22)10-13;3-2(4,5)1(6)7/h2-11,19-20,25H,23H2,1H3;(H,6,7)/t19-,20-;/m1./s1. The number of alkyl halides is 3. The zero-order valence-corrected chi connectivity index (χ0v) is 20.2. The Bertz CT molecular complexity index is 1300. The number of pyridine rings is 1. The average molecular weight is 551 g/mol. The van der Waals surface area contributed by atoms with Crippen LogP contribution in [0.3, 0.4) is 0 Å². The first-order chi connectivity index (χ1) is 16.1. The van der Waals surface area contributed by atoms with E-state index in [1.54, 1.807) is 60.8 Å². The fraction of sp³-hybridized carbons (Fsp3) is 0.182. The molecule has 0 saturated heterocycles. The van der Waals surface area contributed by atoms with Crippen molar-refractivity contribution in [2.45, 2.75) is 23.2 Å². The molecule has 1 aromatic heterocycles. The second-order valence-corrected chi connectivity index (χ2v) is 10.0. The Labute approximate surface area is 208 Å². The summed E-state index contributed by atoms with van der Waals surface area (Å²) in [6, 6.07) is 14.2. The summed E-state index contributed by atoms with van der Waals surface area (Å²) in [5, 5.41) is 18.5. The molecule has 2 aromatic carbocycles. The van der Waals surface area contributed by atoms with Crippen LogP contribution in [0.15, 0.2) is 65.7 Å². The van der Waals surface area contributed by atoms with Crippen molar-refractivity contribution in [1.82, 2.24) is 4.98 Å². The average Bonchev–Trinajstić information content (AvgIpc) is 2.79. The lowest BCUT2D eigenvalue weighted by Crippen LogP contribution is -2.21. The number of aliphatic hydroxyl groups is 1. The molecule has 0 spiro atoms. The van der Waals surface area contributed by atoms with E-state index in [4.69, 9.17) is 38.8 Å².